The van der Waals surface area contributed by atoms with Gasteiger partial charge in [0.2, 0.25) is 0 Å². The van der Waals surface area contributed by atoms with Crippen LogP contribution in [0.2, 0.25) is 5.31 Å². The second-order valence-electron chi connectivity index (χ2n) is 3.80. The Balaban J connectivity index is -0.000000205. The summed E-state index contributed by atoms with van der Waals surface area (Å²) in [6.45, 7) is 18.9. The van der Waals surface area contributed by atoms with Crippen LogP contribution >= 0.6 is 0 Å². The van der Waals surface area contributed by atoms with Gasteiger partial charge in [0.25, 0.3) is 0 Å². The average molecular weight is 196 g/mol. The molecule has 0 saturated heterocycles. The molecule has 0 saturated carbocycles. The summed E-state index contributed by atoms with van der Waals surface area (Å²) in [5.41, 5.74) is 0. The predicted octanol–water partition coefficient (Wildman–Crippen LogP) is 5.01. The lowest BCUT2D eigenvalue weighted by atomic mass is 9.58. The topological polar surface area (TPSA) is 0 Å². The maximum Gasteiger partial charge on any atom is 0.0749 e. The molecule has 0 aliphatic carbocycles. The van der Waals surface area contributed by atoms with Gasteiger partial charge in [-0.2, -0.15) is 0 Å². The van der Waals surface area contributed by atoms with Crippen molar-refractivity contribution < 1.29 is 0 Å². The van der Waals surface area contributed by atoms with Crippen LogP contribution in [0.15, 0.2) is 13.2 Å². The van der Waals surface area contributed by atoms with Crippen molar-refractivity contribution >= 4 is 7.85 Å². The third-order valence-electron chi connectivity index (χ3n) is 2.47. The van der Waals surface area contributed by atoms with Gasteiger partial charge in [-0.05, 0) is 5.92 Å². The molecule has 2 radical (unpaired) electrons. The zero-order valence-corrected chi connectivity index (χ0v) is 11.2. The van der Waals surface area contributed by atoms with E-state index < -0.39 is 0 Å². The molecule has 0 aliphatic heterocycles. The van der Waals surface area contributed by atoms with Crippen LogP contribution in [0.4, 0.5) is 0 Å². The summed E-state index contributed by atoms with van der Waals surface area (Å²) in [4.78, 5) is 0. The minimum Gasteiger partial charge on any atom is -0.106 e. The molecular formula is C13H29B. The van der Waals surface area contributed by atoms with Crippen LogP contribution in [0.1, 0.15) is 60.8 Å². The first-order valence-electron chi connectivity index (χ1n) is 5.77. The molecule has 84 valence electrons. The van der Waals surface area contributed by atoms with Crippen molar-refractivity contribution in [3.63, 3.8) is 0 Å². The van der Waals surface area contributed by atoms with E-state index in [0.29, 0.717) is 5.92 Å². The highest BCUT2D eigenvalue weighted by Gasteiger charge is 2.22. The van der Waals surface area contributed by atoms with E-state index in [1.165, 1.54) is 6.42 Å². The standard InChI is InChI=1S/C8H17B.C3H8.C2H4/c1-5-8(9,6-2)7(3)4;1-3-2;1-2/h7H,5-6H2,1-4H3;3H2,1-2H3;1-2H2. The minimum atomic E-state index is 0.0833. The van der Waals surface area contributed by atoms with Gasteiger partial charge in [-0.1, -0.05) is 66.1 Å². The van der Waals surface area contributed by atoms with Crippen molar-refractivity contribution in [2.24, 2.45) is 5.92 Å². The van der Waals surface area contributed by atoms with Gasteiger partial charge in [0.15, 0.2) is 0 Å². The molecule has 0 bridgehead atoms. The zero-order chi connectivity index (χ0) is 12.2. The molecule has 0 aliphatic rings. The molecule has 14 heavy (non-hydrogen) atoms. The Kier molecular flexibility index (Phi) is 17.7. The fourth-order valence-electron chi connectivity index (χ4n) is 1.07. The first-order valence-corrected chi connectivity index (χ1v) is 5.77. The Morgan fingerprint density at radius 2 is 1.21 bits per heavy atom. The van der Waals surface area contributed by atoms with E-state index in [-0.39, 0.29) is 5.31 Å². The smallest absolute Gasteiger partial charge is 0.0749 e. The Bertz CT molecular complexity index is 93.4. The highest BCUT2D eigenvalue weighted by molar-refractivity contribution is 6.15. The Labute approximate surface area is 93.6 Å². The second kappa shape index (κ2) is 12.8. The first-order chi connectivity index (χ1) is 6.48. The maximum atomic E-state index is 6.04. The van der Waals surface area contributed by atoms with Crippen molar-refractivity contribution in [3.8, 4) is 0 Å². The normalized spacial score (nSPS) is 9.64. The summed E-state index contributed by atoms with van der Waals surface area (Å²) < 4.78 is 0. The van der Waals surface area contributed by atoms with Crippen LogP contribution in [-0.4, -0.2) is 7.85 Å². The molecule has 0 unspecified atom stereocenters. The third kappa shape index (κ3) is 9.89. The van der Waals surface area contributed by atoms with E-state index in [1.54, 1.807) is 0 Å². The Hall–Kier alpha value is -0.195. The highest BCUT2D eigenvalue weighted by Crippen LogP contribution is 2.38. The first kappa shape index (κ1) is 19.4. The van der Waals surface area contributed by atoms with Gasteiger partial charge >= 0.3 is 0 Å². The van der Waals surface area contributed by atoms with Gasteiger partial charge in [0.1, 0.15) is 0 Å². The quantitative estimate of drug-likeness (QED) is 0.439. The molecule has 0 amide bonds. The number of hydrogen-bond donors (Lipinski definition) is 0. The molecule has 0 aromatic carbocycles. The predicted molar refractivity (Wildman–Crippen MR) is 71.1 cm³/mol. The van der Waals surface area contributed by atoms with Gasteiger partial charge in [-0.3, -0.25) is 0 Å². The summed E-state index contributed by atoms with van der Waals surface area (Å²) >= 11 is 0. The largest absolute Gasteiger partial charge is 0.106 e. The van der Waals surface area contributed by atoms with Gasteiger partial charge < -0.3 is 0 Å². The molecule has 0 fully saturated rings. The lowest BCUT2D eigenvalue weighted by Gasteiger charge is -2.31. The van der Waals surface area contributed by atoms with E-state index in [9.17, 15) is 0 Å². The van der Waals surface area contributed by atoms with Crippen molar-refractivity contribution in [1.29, 1.82) is 0 Å². The van der Waals surface area contributed by atoms with Crippen molar-refractivity contribution in [2.75, 3.05) is 0 Å². The van der Waals surface area contributed by atoms with Crippen LogP contribution in [0.5, 0.6) is 0 Å². The van der Waals surface area contributed by atoms with Gasteiger partial charge in [-0.15, -0.1) is 13.2 Å². The van der Waals surface area contributed by atoms with Crippen molar-refractivity contribution in [2.45, 2.75) is 66.1 Å². The molecule has 0 heterocycles. The fourth-order valence-corrected chi connectivity index (χ4v) is 1.07. The monoisotopic (exact) mass is 196 g/mol. The molecule has 0 atom stereocenters. The Morgan fingerprint density at radius 1 is 1.00 bits per heavy atom. The lowest BCUT2D eigenvalue weighted by molar-refractivity contribution is 0.386. The molecule has 0 rings (SSSR count). The summed E-state index contributed by atoms with van der Waals surface area (Å²) in [7, 11) is 6.04. The molecular weight excluding hydrogens is 167 g/mol. The summed E-state index contributed by atoms with van der Waals surface area (Å²) in [5.74, 6) is 0.604. The van der Waals surface area contributed by atoms with E-state index in [2.05, 4.69) is 54.7 Å². The van der Waals surface area contributed by atoms with Crippen LogP contribution in [0, 0.1) is 5.92 Å². The van der Waals surface area contributed by atoms with Crippen LogP contribution in [0.25, 0.3) is 0 Å². The zero-order valence-electron chi connectivity index (χ0n) is 11.2. The van der Waals surface area contributed by atoms with Gasteiger partial charge in [0, 0.05) is 0 Å². The van der Waals surface area contributed by atoms with E-state index >= 15 is 0 Å². The fraction of sp³-hybridized carbons (Fsp3) is 0.846. The number of rotatable bonds is 3. The van der Waals surface area contributed by atoms with Gasteiger partial charge in [0.05, 0.1) is 7.85 Å². The molecule has 1 heteroatoms. The van der Waals surface area contributed by atoms with E-state index in [0.717, 1.165) is 12.8 Å². The Morgan fingerprint density at radius 3 is 1.21 bits per heavy atom. The second-order valence-corrected chi connectivity index (χ2v) is 3.80. The van der Waals surface area contributed by atoms with Gasteiger partial charge in [-0.25, -0.2) is 0 Å². The molecule has 0 N–H and O–H groups in total. The molecule has 0 aromatic heterocycles. The maximum absolute atomic E-state index is 6.04. The minimum absolute atomic E-state index is 0.0833. The average Bonchev–Trinajstić information content (AvgIpc) is 2.20. The van der Waals surface area contributed by atoms with E-state index in [4.69, 9.17) is 7.85 Å². The number of hydrogen-bond acceptors (Lipinski definition) is 0. The van der Waals surface area contributed by atoms with Crippen molar-refractivity contribution in [1.82, 2.24) is 0 Å². The lowest BCUT2D eigenvalue weighted by Crippen LogP contribution is -2.17. The van der Waals surface area contributed by atoms with Crippen LogP contribution in [-0.2, 0) is 0 Å². The van der Waals surface area contributed by atoms with E-state index in [1.807, 2.05) is 0 Å². The summed E-state index contributed by atoms with van der Waals surface area (Å²) in [5, 5.41) is 0.0833. The molecule has 0 nitrogen and oxygen atoms in total. The third-order valence-corrected chi connectivity index (χ3v) is 2.47. The SMILES string of the molecule is C=C.CCC.[B]C(CC)(CC)C(C)C. The molecule has 0 aromatic rings. The summed E-state index contributed by atoms with van der Waals surface area (Å²) in [6.07, 6.45) is 3.42. The summed E-state index contributed by atoms with van der Waals surface area (Å²) in [6, 6.07) is 0. The van der Waals surface area contributed by atoms with Crippen LogP contribution in [0.3, 0.4) is 0 Å². The van der Waals surface area contributed by atoms with Crippen molar-refractivity contribution in [3.05, 3.63) is 13.2 Å². The molecule has 0 spiro atoms. The van der Waals surface area contributed by atoms with Crippen LogP contribution < -0.4 is 0 Å². The highest BCUT2D eigenvalue weighted by atomic mass is 14.2.